The predicted octanol–water partition coefficient (Wildman–Crippen LogP) is 1.68. The average Bonchev–Trinajstić information content (AvgIpc) is 2.39. The molecule has 3 N–H and O–H groups in total. The Balaban J connectivity index is 1.95. The lowest BCUT2D eigenvalue weighted by Crippen LogP contribution is -2.33. The number of benzene rings is 1. The number of halogens is 1. The Kier molecular flexibility index (Phi) is 4.37. The van der Waals surface area contributed by atoms with Crippen molar-refractivity contribution < 1.29 is 9.18 Å². The highest BCUT2D eigenvalue weighted by Gasteiger charge is 2.17. The lowest BCUT2D eigenvalue weighted by atomic mass is 9.97. The molecular weight excluding hydrogens is 245 g/mol. The van der Waals surface area contributed by atoms with Gasteiger partial charge in [-0.2, -0.15) is 0 Å². The first-order valence-corrected chi connectivity index (χ1v) is 6.58. The summed E-state index contributed by atoms with van der Waals surface area (Å²) in [7, 11) is 2.11. The summed E-state index contributed by atoms with van der Waals surface area (Å²) in [5.74, 6) is -0.340. The maximum atomic E-state index is 13.6. The molecule has 1 saturated heterocycles. The van der Waals surface area contributed by atoms with Gasteiger partial charge in [0.15, 0.2) is 0 Å². The van der Waals surface area contributed by atoms with Crippen LogP contribution in [0.4, 0.5) is 10.1 Å². The molecule has 1 aliphatic rings. The topological polar surface area (TPSA) is 58.4 Å². The molecule has 19 heavy (non-hydrogen) atoms. The zero-order valence-corrected chi connectivity index (χ0v) is 11.2. The highest BCUT2D eigenvalue weighted by molar-refractivity contribution is 5.93. The monoisotopic (exact) mass is 265 g/mol. The van der Waals surface area contributed by atoms with E-state index in [1.165, 1.54) is 18.2 Å². The second kappa shape index (κ2) is 6.02. The first kappa shape index (κ1) is 13.8. The van der Waals surface area contributed by atoms with Gasteiger partial charge in [-0.25, -0.2) is 4.39 Å². The number of nitrogens with two attached hydrogens (primary N) is 1. The Morgan fingerprint density at radius 1 is 1.47 bits per heavy atom. The second-order valence-corrected chi connectivity index (χ2v) is 5.19. The lowest BCUT2D eigenvalue weighted by Gasteiger charge is -2.29. The number of hydrogen-bond acceptors (Lipinski definition) is 3. The van der Waals surface area contributed by atoms with Crippen LogP contribution in [-0.2, 0) is 0 Å². The summed E-state index contributed by atoms with van der Waals surface area (Å²) in [6, 6.07) is 4.15. The molecule has 0 radical (unpaired) electrons. The summed E-state index contributed by atoms with van der Waals surface area (Å²) < 4.78 is 13.6. The quantitative estimate of drug-likeness (QED) is 0.870. The van der Waals surface area contributed by atoms with E-state index >= 15 is 0 Å². The van der Waals surface area contributed by atoms with Crippen LogP contribution in [0.2, 0.25) is 0 Å². The Morgan fingerprint density at radius 3 is 2.79 bits per heavy atom. The number of likely N-dealkylation sites (tertiary alicyclic amines) is 1. The highest BCUT2D eigenvalue weighted by Crippen LogP contribution is 2.20. The molecule has 1 heterocycles. The summed E-state index contributed by atoms with van der Waals surface area (Å²) in [4.78, 5) is 13.4. The van der Waals surface area contributed by atoms with E-state index in [0.29, 0.717) is 17.2 Å². The molecule has 0 atom stereocenters. The van der Waals surface area contributed by atoms with Gasteiger partial charge >= 0.3 is 0 Å². The van der Waals surface area contributed by atoms with Crippen LogP contribution in [0.25, 0.3) is 0 Å². The van der Waals surface area contributed by atoms with Gasteiger partial charge in [-0.05, 0) is 57.1 Å². The molecule has 0 saturated carbocycles. The number of piperidine rings is 1. The van der Waals surface area contributed by atoms with E-state index in [1.54, 1.807) is 0 Å². The number of anilines is 1. The fraction of sp³-hybridized carbons (Fsp3) is 0.500. The van der Waals surface area contributed by atoms with Crippen LogP contribution in [0.15, 0.2) is 18.2 Å². The largest absolute Gasteiger partial charge is 0.382 e. The SMILES string of the molecule is CN1CCC(CNc2cc(C(N)=O)ccc2F)CC1. The van der Waals surface area contributed by atoms with Gasteiger partial charge in [0.1, 0.15) is 5.82 Å². The molecule has 1 amide bonds. The van der Waals surface area contributed by atoms with Crippen LogP contribution in [0.1, 0.15) is 23.2 Å². The van der Waals surface area contributed by atoms with Gasteiger partial charge in [0.25, 0.3) is 0 Å². The molecular formula is C14H20FN3O. The minimum absolute atomic E-state index is 0.326. The van der Waals surface area contributed by atoms with Gasteiger partial charge in [0, 0.05) is 12.1 Å². The molecule has 5 heteroatoms. The summed E-state index contributed by atoms with van der Waals surface area (Å²) in [5, 5.41) is 3.09. The van der Waals surface area contributed by atoms with Crippen LogP contribution >= 0.6 is 0 Å². The number of amides is 1. The minimum Gasteiger partial charge on any atom is -0.382 e. The van der Waals surface area contributed by atoms with E-state index < -0.39 is 5.91 Å². The van der Waals surface area contributed by atoms with Crippen molar-refractivity contribution >= 4 is 11.6 Å². The Morgan fingerprint density at radius 2 is 2.16 bits per heavy atom. The molecule has 2 rings (SSSR count). The number of nitrogens with one attached hydrogen (secondary N) is 1. The van der Waals surface area contributed by atoms with E-state index in [1.807, 2.05) is 0 Å². The van der Waals surface area contributed by atoms with Crippen LogP contribution in [0.5, 0.6) is 0 Å². The van der Waals surface area contributed by atoms with Crippen molar-refractivity contribution in [2.24, 2.45) is 11.7 Å². The number of nitrogens with zero attached hydrogens (tertiary/aromatic N) is 1. The molecule has 1 fully saturated rings. The number of carbonyl (C=O) groups is 1. The third-order valence-electron chi connectivity index (χ3n) is 3.67. The standard InChI is InChI=1S/C14H20FN3O/c1-18-6-4-10(5-7-18)9-17-13-8-11(14(16)19)2-3-12(13)15/h2-3,8,10,17H,4-7,9H2,1H3,(H2,16,19). The Hall–Kier alpha value is -1.62. The van der Waals surface area contributed by atoms with Gasteiger partial charge in [-0.3, -0.25) is 4.79 Å². The van der Waals surface area contributed by atoms with Gasteiger partial charge in [-0.15, -0.1) is 0 Å². The second-order valence-electron chi connectivity index (χ2n) is 5.19. The maximum Gasteiger partial charge on any atom is 0.248 e. The summed E-state index contributed by atoms with van der Waals surface area (Å²) in [5.41, 5.74) is 5.88. The first-order chi connectivity index (χ1) is 9.06. The van der Waals surface area contributed by atoms with Crippen molar-refractivity contribution in [2.75, 3.05) is 32.0 Å². The minimum atomic E-state index is -0.539. The lowest BCUT2D eigenvalue weighted by molar-refractivity contribution is 0.100. The van der Waals surface area contributed by atoms with Gasteiger partial charge in [-0.1, -0.05) is 0 Å². The van der Waals surface area contributed by atoms with Crippen LogP contribution in [0.3, 0.4) is 0 Å². The molecule has 0 bridgehead atoms. The summed E-state index contributed by atoms with van der Waals surface area (Å²) in [6.45, 7) is 2.89. The number of primary amides is 1. The third kappa shape index (κ3) is 3.67. The van der Waals surface area contributed by atoms with Crippen molar-refractivity contribution in [2.45, 2.75) is 12.8 Å². The van der Waals surface area contributed by atoms with E-state index in [2.05, 4.69) is 17.3 Å². The van der Waals surface area contributed by atoms with Gasteiger partial charge in [0.2, 0.25) is 5.91 Å². The number of rotatable bonds is 4. The number of hydrogen-bond donors (Lipinski definition) is 2. The van der Waals surface area contributed by atoms with Crippen LogP contribution in [0, 0.1) is 11.7 Å². The Bertz CT molecular complexity index is 456. The van der Waals surface area contributed by atoms with Crippen LogP contribution < -0.4 is 11.1 Å². The normalized spacial score (nSPS) is 17.4. The van der Waals surface area contributed by atoms with Crippen molar-refractivity contribution in [1.82, 2.24) is 4.90 Å². The summed E-state index contributed by atoms with van der Waals surface area (Å²) in [6.07, 6.45) is 2.22. The van der Waals surface area contributed by atoms with Gasteiger partial charge in [0.05, 0.1) is 5.69 Å². The molecule has 0 aliphatic carbocycles. The molecule has 1 aliphatic heterocycles. The van der Waals surface area contributed by atoms with E-state index in [-0.39, 0.29) is 5.82 Å². The third-order valence-corrected chi connectivity index (χ3v) is 3.67. The fourth-order valence-electron chi connectivity index (χ4n) is 2.33. The molecule has 4 nitrogen and oxygen atoms in total. The van der Waals surface area contributed by atoms with Crippen molar-refractivity contribution in [3.8, 4) is 0 Å². The van der Waals surface area contributed by atoms with Gasteiger partial charge < -0.3 is 16.0 Å². The summed E-state index contributed by atoms with van der Waals surface area (Å²) >= 11 is 0. The van der Waals surface area contributed by atoms with E-state index in [4.69, 9.17) is 5.73 Å². The zero-order chi connectivity index (χ0) is 13.8. The fourth-order valence-corrected chi connectivity index (χ4v) is 2.33. The smallest absolute Gasteiger partial charge is 0.248 e. The molecule has 104 valence electrons. The molecule has 0 aromatic heterocycles. The molecule has 1 aromatic rings. The molecule has 1 aromatic carbocycles. The zero-order valence-electron chi connectivity index (χ0n) is 11.2. The van der Waals surface area contributed by atoms with Crippen molar-refractivity contribution in [3.05, 3.63) is 29.6 Å². The predicted molar refractivity (Wildman–Crippen MR) is 73.6 cm³/mol. The first-order valence-electron chi connectivity index (χ1n) is 6.58. The van der Waals surface area contributed by atoms with Crippen LogP contribution in [-0.4, -0.2) is 37.5 Å². The van der Waals surface area contributed by atoms with E-state index in [9.17, 15) is 9.18 Å². The molecule has 0 spiro atoms. The highest BCUT2D eigenvalue weighted by atomic mass is 19.1. The maximum absolute atomic E-state index is 13.6. The average molecular weight is 265 g/mol. The van der Waals surface area contributed by atoms with E-state index in [0.717, 1.165) is 32.5 Å². The van der Waals surface area contributed by atoms with Crippen molar-refractivity contribution in [3.63, 3.8) is 0 Å². The van der Waals surface area contributed by atoms with Crippen molar-refractivity contribution in [1.29, 1.82) is 0 Å². The Labute approximate surface area is 112 Å². The number of carbonyl (C=O) groups excluding carboxylic acids is 1. The molecule has 0 unspecified atom stereocenters.